The number of hydrogen-bond donors (Lipinski definition) is 0. The molecule has 68 valence electrons. The predicted molar refractivity (Wildman–Crippen MR) is 51.1 cm³/mol. The van der Waals surface area contributed by atoms with E-state index in [-0.39, 0.29) is 17.9 Å². The molecule has 1 fully saturated rings. The molecular formula is C11H13NO. The molecule has 1 aromatic carbocycles. The first-order valence-electron chi connectivity index (χ1n) is 4.53. The molecule has 1 aliphatic rings. The maximum atomic E-state index is 11.3. The summed E-state index contributed by atoms with van der Waals surface area (Å²) in [6, 6.07) is 10.5. The van der Waals surface area contributed by atoms with Gasteiger partial charge in [0.25, 0.3) is 0 Å². The number of likely N-dealkylation sites (tertiary alicyclic amines) is 1. The van der Waals surface area contributed by atoms with Crippen LogP contribution in [0.2, 0.25) is 0 Å². The second-order valence-electron chi connectivity index (χ2n) is 3.59. The molecule has 2 atom stereocenters. The van der Waals surface area contributed by atoms with Gasteiger partial charge in [0.05, 0.1) is 12.0 Å². The lowest BCUT2D eigenvalue weighted by molar-refractivity contribution is -0.152. The summed E-state index contributed by atoms with van der Waals surface area (Å²) < 4.78 is 0. The molecule has 0 unspecified atom stereocenters. The quantitative estimate of drug-likeness (QED) is 0.596. The Hall–Kier alpha value is -1.31. The normalized spacial score (nSPS) is 27.2. The van der Waals surface area contributed by atoms with Crippen molar-refractivity contribution >= 4 is 5.91 Å². The van der Waals surface area contributed by atoms with E-state index >= 15 is 0 Å². The van der Waals surface area contributed by atoms with Crippen molar-refractivity contribution in [2.45, 2.75) is 13.0 Å². The second kappa shape index (κ2) is 2.87. The highest BCUT2D eigenvalue weighted by Gasteiger charge is 2.42. The number of rotatable bonds is 1. The fraction of sp³-hybridized carbons (Fsp3) is 0.364. The molecule has 0 saturated carbocycles. The van der Waals surface area contributed by atoms with Gasteiger partial charge < -0.3 is 4.90 Å². The largest absolute Gasteiger partial charge is 0.338 e. The zero-order valence-electron chi connectivity index (χ0n) is 7.90. The van der Waals surface area contributed by atoms with Gasteiger partial charge in [-0.2, -0.15) is 0 Å². The third kappa shape index (κ3) is 1.13. The first-order chi connectivity index (χ1) is 6.22. The van der Waals surface area contributed by atoms with E-state index in [0.717, 1.165) is 0 Å². The highest BCUT2D eigenvalue weighted by Crippen LogP contribution is 2.37. The van der Waals surface area contributed by atoms with Gasteiger partial charge in [-0.1, -0.05) is 37.3 Å². The van der Waals surface area contributed by atoms with Gasteiger partial charge in [-0.15, -0.1) is 0 Å². The molecule has 1 aromatic rings. The van der Waals surface area contributed by atoms with Gasteiger partial charge in [-0.3, -0.25) is 4.79 Å². The Labute approximate surface area is 78.2 Å². The molecule has 13 heavy (non-hydrogen) atoms. The van der Waals surface area contributed by atoms with Crippen molar-refractivity contribution in [1.82, 2.24) is 4.90 Å². The molecule has 2 heteroatoms. The van der Waals surface area contributed by atoms with Crippen LogP contribution in [0.1, 0.15) is 18.5 Å². The Morgan fingerprint density at radius 1 is 1.23 bits per heavy atom. The lowest BCUT2D eigenvalue weighted by atomic mass is 9.85. The van der Waals surface area contributed by atoms with Crippen LogP contribution < -0.4 is 0 Å². The summed E-state index contributed by atoms with van der Waals surface area (Å²) in [5, 5.41) is 0. The number of carbonyl (C=O) groups is 1. The second-order valence-corrected chi connectivity index (χ2v) is 3.59. The Kier molecular flexibility index (Phi) is 1.83. The van der Waals surface area contributed by atoms with Crippen molar-refractivity contribution in [3.63, 3.8) is 0 Å². The SMILES string of the molecule is C[C@H]1C(=O)N(C)[C@H]1c1ccccc1. The van der Waals surface area contributed by atoms with Crippen LogP contribution in [0.5, 0.6) is 0 Å². The third-order valence-corrected chi connectivity index (χ3v) is 2.77. The molecule has 0 aliphatic carbocycles. The molecule has 0 spiro atoms. The first kappa shape index (κ1) is 8.30. The predicted octanol–water partition coefficient (Wildman–Crippen LogP) is 1.84. The van der Waals surface area contributed by atoms with Crippen LogP contribution in [0.25, 0.3) is 0 Å². The molecule has 1 saturated heterocycles. The molecule has 2 rings (SSSR count). The highest BCUT2D eigenvalue weighted by atomic mass is 16.2. The Bertz CT molecular complexity index is 308. The number of benzene rings is 1. The monoisotopic (exact) mass is 175 g/mol. The van der Waals surface area contributed by atoms with Gasteiger partial charge in [0.2, 0.25) is 5.91 Å². The molecule has 0 N–H and O–H groups in total. The van der Waals surface area contributed by atoms with Gasteiger partial charge in [-0.25, -0.2) is 0 Å². The molecule has 1 aliphatic heterocycles. The minimum atomic E-state index is 0.146. The fourth-order valence-electron chi connectivity index (χ4n) is 2.01. The summed E-state index contributed by atoms with van der Waals surface area (Å²) >= 11 is 0. The Morgan fingerprint density at radius 3 is 2.38 bits per heavy atom. The average Bonchev–Trinajstić information content (AvgIpc) is 2.19. The van der Waals surface area contributed by atoms with E-state index in [9.17, 15) is 4.79 Å². The minimum absolute atomic E-state index is 0.146. The zero-order chi connectivity index (χ0) is 9.42. The molecule has 1 heterocycles. The maximum Gasteiger partial charge on any atom is 0.228 e. The summed E-state index contributed by atoms with van der Waals surface area (Å²) in [5.74, 6) is 0.390. The minimum Gasteiger partial charge on any atom is -0.338 e. The van der Waals surface area contributed by atoms with Crippen LogP contribution in [0.3, 0.4) is 0 Å². The summed E-state index contributed by atoms with van der Waals surface area (Å²) in [7, 11) is 1.86. The summed E-state index contributed by atoms with van der Waals surface area (Å²) in [4.78, 5) is 13.1. The van der Waals surface area contributed by atoms with Crippen LogP contribution >= 0.6 is 0 Å². The van der Waals surface area contributed by atoms with Crippen molar-refractivity contribution in [2.24, 2.45) is 5.92 Å². The van der Waals surface area contributed by atoms with Crippen LogP contribution in [-0.4, -0.2) is 17.9 Å². The number of amides is 1. The van der Waals surface area contributed by atoms with Crippen LogP contribution in [-0.2, 0) is 4.79 Å². The van der Waals surface area contributed by atoms with E-state index < -0.39 is 0 Å². The molecule has 0 bridgehead atoms. The van der Waals surface area contributed by atoms with Crippen LogP contribution in [0.4, 0.5) is 0 Å². The van der Waals surface area contributed by atoms with E-state index in [0.29, 0.717) is 0 Å². The zero-order valence-corrected chi connectivity index (χ0v) is 7.90. The summed E-state index contributed by atoms with van der Waals surface area (Å²) in [5.41, 5.74) is 1.23. The van der Waals surface area contributed by atoms with Crippen LogP contribution in [0.15, 0.2) is 30.3 Å². The smallest absolute Gasteiger partial charge is 0.228 e. The van der Waals surface area contributed by atoms with E-state index in [1.54, 1.807) is 4.90 Å². The number of hydrogen-bond acceptors (Lipinski definition) is 1. The molecule has 0 radical (unpaired) electrons. The Balaban J connectivity index is 2.25. The highest BCUT2D eigenvalue weighted by molar-refractivity contribution is 5.85. The standard InChI is InChI=1S/C11H13NO/c1-8-10(12(2)11(8)13)9-6-4-3-5-7-9/h3-8,10H,1-2H3/t8-,10-/m1/s1. The Morgan fingerprint density at radius 2 is 1.85 bits per heavy atom. The number of β-lactam (4-membered cyclic amide) rings is 1. The topological polar surface area (TPSA) is 20.3 Å². The molecule has 1 amide bonds. The van der Waals surface area contributed by atoms with Crippen molar-refractivity contribution in [3.8, 4) is 0 Å². The fourth-order valence-corrected chi connectivity index (χ4v) is 2.01. The van der Waals surface area contributed by atoms with Crippen molar-refractivity contribution < 1.29 is 4.79 Å². The third-order valence-electron chi connectivity index (χ3n) is 2.77. The van der Waals surface area contributed by atoms with Gasteiger partial charge in [0.1, 0.15) is 0 Å². The van der Waals surface area contributed by atoms with Gasteiger partial charge in [0.15, 0.2) is 0 Å². The molecule has 2 nitrogen and oxygen atoms in total. The lowest BCUT2D eigenvalue weighted by Crippen LogP contribution is -2.51. The molecular weight excluding hydrogens is 162 g/mol. The van der Waals surface area contributed by atoms with E-state index in [1.807, 2.05) is 32.2 Å². The lowest BCUT2D eigenvalue weighted by Gasteiger charge is -2.43. The maximum absolute atomic E-state index is 11.3. The van der Waals surface area contributed by atoms with Gasteiger partial charge in [-0.05, 0) is 5.56 Å². The average molecular weight is 175 g/mol. The summed E-state index contributed by atoms with van der Waals surface area (Å²) in [6.07, 6.45) is 0. The van der Waals surface area contributed by atoms with E-state index in [1.165, 1.54) is 5.56 Å². The van der Waals surface area contributed by atoms with E-state index in [4.69, 9.17) is 0 Å². The number of nitrogens with zero attached hydrogens (tertiary/aromatic N) is 1. The van der Waals surface area contributed by atoms with Gasteiger partial charge in [0, 0.05) is 7.05 Å². The van der Waals surface area contributed by atoms with Crippen molar-refractivity contribution in [3.05, 3.63) is 35.9 Å². The van der Waals surface area contributed by atoms with E-state index in [2.05, 4.69) is 12.1 Å². The molecule has 0 aromatic heterocycles. The van der Waals surface area contributed by atoms with Gasteiger partial charge >= 0.3 is 0 Å². The van der Waals surface area contributed by atoms with Crippen LogP contribution in [0, 0.1) is 5.92 Å². The van der Waals surface area contributed by atoms with Crippen molar-refractivity contribution in [1.29, 1.82) is 0 Å². The first-order valence-corrected chi connectivity index (χ1v) is 4.53. The summed E-state index contributed by atoms with van der Waals surface area (Å²) in [6.45, 7) is 1.99. The van der Waals surface area contributed by atoms with Crippen molar-refractivity contribution in [2.75, 3.05) is 7.05 Å². The number of carbonyl (C=O) groups excluding carboxylic acids is 1.